The van der Waals surface area contributed by atoms with E-state index in [1.54, 1.807) is 0 Å². The van der Waals surface area contributed by atoms with Crippen LogP contribution >= 0.6 is 0 Å². The van der Waals surface area contributed by atoms with Crippen molar-refractivity contribution in [3.8, 4) is 61.6 Å². The Kier molecular flexibility index (Phi) is 8.90. The molecule has 60 heavy (non-hydrogen) atoms. The molecule has 1 aliphatic rings. The van der Waals surface area contributed by atoms with E-state index >= 15 is 0 Å². The van der Waals surface area contributed by atoms with E-state index in [-0.39, 0.29) is 11.8 Å². The van der Waals surface area contributed by atoms with Gasteiger partial charge in [-0.2, -0.15) is 0 Å². The highest BCUT2D eigenvalue weighted by molar-refractivity contribution is 6.13. The van der Waals surface area contributed by atoms with Crippen LogP contribution in [0.1, 0.15) is 35.4 Å². The average molecular weight is 767 g/mol. The van der Waals surface area contributed by atoms with Crippen LogP contribution in [0.15, 0.2) is 218 Å². The van der Waals surface area contributed by atoms with Crippen LogP contribution in [0, 0.1) is 0 Å². The van der Waals surface area contributed by atoms with E-state index in [2.05, 4.69) is 236 Å². The Bertz CT molecular complexity index is 3190. The van der Waals surface area contributed by atoms with Crippen LogP contribution in [-0.4, -0.2) is 9.55 Å². The van der Waals surface area contributed by atoms with Crippen LogP contribution in [0.3, 0.4) is 0 Å². The van der Waals surface area contributed by atoms with E-state index in [4.69, 9.17) is 4.98 Å². The van der Waals surface area contributed by atoms with Crippen molar-refractivity contribution in [2.45, 2.75) is 18.8 Å². The molecule has 2 atom stereocenters. The first kappa shape index (κ1) is 35.6. The summed E-state index contributed by atoms with van der Waals surface area (Å²) >= 11 is 0. The predicted octanol–water partition coefficient (Wildman–Crippen LogP) is 15.4. The zero-order valence-corrected chi connectivity index (χ0v) is 33.4. The van der Waals surface area contributed by atoms with Crippen molar-refractivity contribution >= 4 is 27.9 Å². The maximum absolute atomic E-state index is 5.17. The van der Waals surface area contributed by atoms with E-state index in [9.17, 15) is 0 Å². The fourth-order valence-electron chi connectivity index (χ4n) is 9.70. The summed E-state index contributed by atoms with van der Waals surface area (Å²) in [7, 11) is 0. The van der Waals surface area contributed by atoms with Crippen molar-refractivity contribution in [1.82, 2.24) is 9.55 Å². The van der Waals surface area contributed by atoms with Gasteiger partial charge in [-0.1, -0.05) is 207 Å². The maximum atomic E-state index is 5.17. The second kappa shape index (κ2) is 15.0. The molecule has 2 unspecified atom stereocenters. The molecule has 1 aromatic heterocycles. The lowest BCUT2D eigenvalue weighted by atomic mass is 9.70. The molecule has 2 heteroatoms. The minimum Gasteiger partial charge on any atom is -0.292 e. The Morgan fingerprint density at radius 1 is 0.433 bits per heavy atom. The van der Waals surface area contributed by atoms with Crippen LogP contribution in [-0.2, 0) is 0 Å². The summed E-state index contributed by atoms with van der Waals surface area (Å²) in [6, 6.07) is 76.8. The van der Waals surface area contributed by atoms with Gasteiger partial charge in [-0.05, 0) is 102 Å². The van der Waals surface area contributed by atoms with Crippen molar-refractivity contribution in [2.75, 3.05) is 0 Å². The fourth-order valence-corrected chi connectivity index (χ4v) is 9.70. The molecular weight excluding hydrogens is 725 g/mol. The van der Waals surface area contributed by atoms with Crippen molar-refractivity contribution < 1.29 is 0 Å². The van der Waals surface area contributed by atoms with E-state index < -0.39 is 0 Å². The quantitative estimate of drug-likeness (QED) is 0.158. The van der Waals surface area contributed by atoms with Gasteiger partial charge >= 0.3 is 0 Å². The number of hydrogen-bond donors (Lipinski definition) is 0. The first-order chi connectivity index (χ1) is 29.7. The molecule has 0 bridgehead atoms. The molecule has 9 aromatic carbocycles. The predicted molar refractivity (Wildman–Crippen MR) is 252 cm³/mol. The average Bonchev–Trinajstić information content (AvgIpc) is 3.72. The summed E-state index contributed by atoms with van der Waals surface area (Å²) in [6.07, 6.45) is 4.89. The van der Waals surface area contributed by atoms with Crippen molar-refractivity contribution in [3.63, 3.8) is 0 Å². The molecule has 11 rings (SSSR count). The van der Waals surface area contributed by atoms with Crippen LogP contribution in [0.5, 0.6) is 0 Å². The summed E-state index contributed by atoms with van der Waals surface area (Å²) in [5.74, 6) is 1.26. The zero-order chi connectivity index (χ0) is 40.0. The molecule has 0 spiro atoms. The third kappa shape index (κ3) is 6.00. The molecule has 0 saturated carbocycles. The van der Waals surface area contributed by atoms with Crippen LogP contribution in [0.4, 0.5) is 0 Å². The summed E-state index contributed by atoms with van der Waals surface area (Å²) in [4.78, 5) is 5.17. The molecule has 0 amide bonds. The van der Waals surface area contributed by atoms with Gasteiger partial charge in [0.1, 0.15) is 5.82 Å². The van der Waals surface area contributed by atoms with Crippen molar-refractivity contribution in [2.24, 2.45) is 0 Å². The lowest BCUT2D eigenvalue weighted by molar-refractivity contribution is 0.672. The number of para-hydroxylation sites is 3. The fraction of sp³-hybridized carbons (Fsp3) is 0.0517. The Balaban J connectivity index is 1.12. The largest absolute Gasteiger partial charge is 0.292 e. The summed E-state index contributed by atoms with van der Waals surface area (Å²) in [5, 5.41) is 2.53. The second-order valence-corrected chi connectivity index (χ2v) is 15.8. The van der Waals surface area contributed by atoms with Gasteiger partial charge in [0.2, 0.25) is 0 Å². The molecule has 0 aliphatic heterocycles. The van der Waals surface area contributed by atoms with Crippen molar-refractivity contribution in [3.05, 3.63) is 235 Å². The van der Waals surface area contributed by atoms with Crippen LogP contribution in [0.25, 0.3) is 89.5 Å². The van der Waals surface area contributed by atoms with E-state index in [0.29, 0.717) is 0 Å². The molecule has 10 aromatic rings. The maximum Gasteiger partial charge on any atom is 0.145 e. The number of rotatable bonds is 7. The van der Waals surface area contributed by atoms with Crippen LogP contribution in [0.2, 0.25) is 0 Å². The normalized spacial score (nSPS) is 14.7. The van der Waals surface area contributed by atoms with E-state index in [1.165, 1.54) is 72.0 Å². The molecule has 0 N–H and O–H groups in total. The third-order valence-corrected chi connectivity index (χ3v) is 12.5. The number of nitrogens with zero attached hydrogens (tertiary/aromatic N) is 2. The second-order valence-electron chi connectivity index (χ2n) is 15.8. The monoisotopic (exact) mass is 766 g/mol. The van der Waals surface area contributed by atoms with Gasteiger partial charge in [0, 0.05) is 17.2 Å². The number of fused-ring (bicyclic) bond motifs is 3. The molecule has 1 aliphatic carbocycles. The molecule has 0 saturated heterocycles. The molecule has 1 heterocycles. The SMILES string of the molecule is CC1c2c(c(-c3ccccc3-c3ccccc3)c3ccccc3c2-c2ccccc2-c2ccccc2)C=CC1c1ccc(-c2nc3ccccc3n2-c2ccccc2)cc1. The Morgan fingerprint density at radius 2 is 0.933 bits per heavy atom. The summed E-state index contributed by atoms with van der Waals surface area (Å²) in [6.45, 7) is 2.44. The first-order valence-corrected chi connectivity index (χ1v) is 20.9. The molecule has 284 valence electrons. The minimum absolute atomic E-state index is 0.153. The van der Waals surface area contributed by atoms with Gasteiger partial charge < -0.3 is 0 Å². The molecule has 0 fully saturated rings. The third-order valence-electron chi connectivity index (χ3n) is 12.5. The standard InChI is InChI=1S/C58H42N2/c1-39-45(42-33-35-43(36-34-42)58-59-53-31-17-18-32-54(53)60(58)44-23-9-4-10-24-44)37-38-52-55(39)57(49-28-14-12-26-47(49)41-21-7-3-8-22-41)51-30-16-15-29-50(51)56(52)48-27-13-11-25-46(48)40-19-5-2-6-20-40/h2-39,45H,1H3. The van der Waals surface area contributed by atoms with Gasteiger partial charge in [0.25, 0.3) is 0 Å². The number of imidazole rings is 1. The number of benzene rings is 9. The van der Waals surface area contributed by atoms with Gasteiger partial charge in [-0.25, -0.2) is 4.98 Å². The Labute approximate surface area is 351 Å². The number of aromatic nitrogens is 2. The van der Waals surface area contributed by atoms with E-state index in [0.717, 1.165) is 28.1 Å². The number of allylic oxidation sites excluding steroid dienone is 1. The van der Waals surface area contributed by atoms with E-state index in [1.807, 2.05) is 0 Å². The molecule has 0 radical (unpaired) electrons. The topological polar surface area (TPSA) is 17.8 Å². The lowest BCUT2D eigenvalue weighted by Gasteiger charge is -2.33. The van der Waals surface area contributed by atoms with Gasteiger partial charge in [-0.3, -0.25) is 4.57 Å². The first-order valence-electron chi connectivity index (χ1n) is 20.9. The molecule has 2 nitrogen and oxygen atoms in total. The Hall–Kier alpha value is -7.55. The van der Waals surface area contributed by atoms with Crippen molar-refractivity contribution in [1.29, 1.82) is 0 Å². The lowest BCUT2D eigenvalue weighted by Crippen LogP contribution is -2.14. The Morgan fingerprint density at radius 3 is 1.57 bits per heavy atom. The van der Waals surface area contributed by atoms with Crippen LogP contribution < -0.4 is 0 Å². The highest BCUT2D eigenvalue weighted by Crippen LogP contribution is 2.53. The number of hydrogen-bond acceptors (Lipinski definition) is 1. The van der Waals surface area contributed by atoms with Gasteiger partial charge in [0.15, 0.2) is 0 Å². The minimum atomic E-state index is 0.153. The van der Waals surface area contributed by atoms with Gasteiger partial charge in [-0.15, -0.1) is 0 Å². The zero-order valence-electron chi connectivity index (χ0n) is 33.4. The van der Waals surface area contributed by atoms with Gasteiger partial charge in [0.05, 0.1) is 11.0 Å². The highest BCUT2D eigenvalue weighted by atomic mass is 15.1. The molecular formula is C58H42N2. The summed E-state index contributed by atoms with van der Waals surface area (Å²) in [5.41, 5.74) is 18.3. The summed E-state index contributed by atoms with van der Waals surface area (Å²) < 4.78 is 2.28. The smallest absolute Gasteiger partial charge is 0.145 e. The highest BCUT2D eigenvalue weighted by Gasteiger charge is 2.32.